The molecule has 1 aliphatic carbocycles. The van der Waals surface area contributed by atoms with Gasteiger partial charge in [0.25, 0.3) is 0 Å². The summed E-state index contributed by atoms with van der Waals surface area (Å²) in [5, 5.41) is 2.72. The average Bonchev–Trinajstić information content (AvgIpc) is 3.24. The van der Waals surface area contributed by atoms with Crippen molar-refractivity contribution in [3.8, 4) is 5.75 Å². The minimum atomic E-state index is -5.02. The van der Waals surface area contributed by atoms with E-state index in [1.165, 1.54) is 23.9 Å². The molecule has 26 heavy (non-hydrogen) atoms. The van der Waals surface area contributed by atoms with Gasteiger partial charge in [-0.15, -0.1) is 24.9 Å². The third kappa shape index (κ3) is 4.44. The van der Waals surface area contributed by atoms with Crippen molar-refractivity contribution in [2.45, 2.75) is 30.1 Å². The van der Waals surface area contributed by atoms with E-state index < -0.39 is 39.0 Å². The second-order valence-electron chi connectivity index (χ2n) is 6.09. The van der Waals surface area contributed by atoms with E-state index >= 15 is 0 Å². The minimum Gasteiger partial charge on any atom is -0.404 e. The number of rotatable bonds is 6. The summed E-state index contributed by atoms with van der Waals surface area (Å²) >= 11 is 1.23. The Morgan fingerprint density at radius 2 is 2.00 bits per heavy atom. The van der Waals surface area contributed by atoms with E-state index in [0.29, 0.717) is 12.5 Å². The lowest BCUT2D eigenvalue weighted by atomic mass is 10.3. The Kier molecular flexibility index (Phi) is 5.40. The van der Waals surface area contributed by atoms with Crippen molar-refractivity contribution in [3.05, 3.63) is 24.3 Å². The predicted molar refractivity (Wildman–Crippen MR) is 89.0 cm³/mol. The Morgan fingerprint density at radius 3 is 2.65 bits per heavy atom. The highest BCUT2D eigenvalue weighted by molar-refractivity contribution is 8.00. The van der Waals surface area contributed by atoms with E-state index in [-0.39, 0.29) is 11.6 Å². The van der Waals surface area contributed by atoms with Crippen LogP contribution in [0.15, 0.2) is 29.2 Å². The molecule has 6 nitrogen and oxygen atoms in total. The van der Waals surface area contributed by atoms with Crippen molar-refractivity contribution in [1.82, 2.24) is 9.62 Å². The molecule has 144 valence electrons. The first-order chi connectivity index (χ1) is 12.2. The number of ether oxygens (including phenoxy) is 1. The lowest BCUT2D eigenvalue weighted by Crippen LogP contribution is -2.47. The smallest absolute Gasteiger partial charge is 0.404 e. The number of carbonyl (C=O) groups is 1. The van der Waals surface area contributed by atoms with Crippen LogP contribution in [0.4, 0.5) is 13.2 Å². The van der Waals surface area contributed by atoms with E-state index in [2.05, 4.69) is 10.1 Å². The van der Waals surface area contributed by atoms with Crippen LogP contribution >= 0.6 is 11.8 Å². The third-order valence-corrected chi connectivity index (χ3v) is 7.14. The highest BCUT2D eigenvalue weighted by Gasteiger charge is 2.42. The fourth-order valence-electron chi connectivity index (χ4n) is 2.55. The molecule has 1 unspecified atom stereocenters. The quantitative estimate of drug-likeness (QED) is 0.778. The van der Waals surface area contributed by atoms with E-state index in [4.69, 9.17) is 0 Å². The molecular weight excluding hydrogens is 393 g/mol. The number of carbonyl (C=O) groups excluding carboxylic acids is 1. The van der Waals surface area contributed by atoms with Crippen LogP contribution in [0.25, 0.3) is 0 Å². The number of para-hydroxylation sites is 1. The summed E-state index contributed by atoms with van der Waals surface area (Å²) in [5.41, 5.74) is 0. The van der Waals surface area contributed by atoms with Crippen LogP contribution in [0.5, 0.6) is 5.75 Å². The predicted octanol–water partition coefficient (Wildman–Crippen LogP) is 2.17. The molecule has 1 amide bonds. The van der Waals surface area contributed by atoms with Gasteiger partial charge in [-0.1, -0.05) is 12.1 Å². The number of hydrogen-bond donors (Lipinski definition) is 1. The summed E-state index contributed by atoms with van der Waals surface area (Å²) in [7, 11) is -4.33. The first-order valence-electron chi connectivity index (χ1n) is 7.90. The molecule has 0 bridgehead atoms. The van der Waals surface area contributed by atoms with E-state index in [0.717, 1.165) is 29.3 Å². The monoisotopic (exact) mass is 410 g/mol. The van der Waals surface area contributed by atoms with Gasteiger partial charge in [0, 0.05) is 12.3 Å². The number of benzene rings is 1. The first-order valence-corrected chi connectivity index (χ1v) is 10.5. The van der Waals surface area contributed by atoms with E-state index in [9.17, 15) is 26.4 Å². The maximum Gasteiger partial charge on any atom is 0.573 e. The van der Waals surface area contributed by atoms with Crippen LogP contribution in [0, 0.1) is 5.92 Å². The lowest BCUT2D eigenvalue weighted by Gasteiger charge is -2.23. The maximum atomic E-state index is 12.9. The van der Waals surface area contributed by atoms with Gasteiger partial charge in [0.2, 0.25) is 15.9 Å². The molecule has 0 aromatic heterocycles. The molecule has 1 saturated heterocycles. The Hall–Kier alpha value is -1.46. The number of sulfonamides is 1. The van der Waals surface area contributed by atoms with Crippen LogP contribution in [0.1, 0.15) is 12.8 Å². The van der Waals surface area contributed by atoms with Crippen LogP contribution in [-0.2, 0) is 14.8 Å². The molecule has 1 aromatic rings. The van der Waals surface area contributed by atoms with Crippen molar-refractivity contribution in [2.75, 3.05) is 18.2 Å². The number of nitrogens with zero attached hydrogens (tertiary/aromatic N) is 1. The summed E-state index contributed by atoms with van der Waals surface area (Å²) < 4.78 is 68.3. The van der Waals surface area contributed by atoms with Crippen molar-refractivity contribution in [3.63, 3.8) is 0 Å². The zero-order valence-corrected chi connectivity index (χ0v) is 15.2. The van der Waals surface area contributed by atoms with E-state index in [1.54, 1.807) is 0 Å². The van der Waals surface area contributed by atoms with Gasteiger partial charge >= 0.3 is 6.36 Å². The largest absolute Gasteiger partial charge is 0.573 e. The molecule has 1 heterocycles. The molecule has 1 aliphatic heterocycles. The van der Waals surface area contributed by atoms with Gasteiger partial charge in [-0.05, 0) is 30.9 Å². The standard InChI is InChI=1S/C15H17F3N2O4S2/c16-15(17,18)24-12-3-1-2-4-13(12)26(22,23)20-9-25-8-11(20)14(21)19-7-10-5-6-10/h1-4,10-11H,5-9H2,(H,19,21). The highest BCUT2D eigenvalue weighted by atomic mass is 32.2. The number of alkyl halides is 3. The van der Waals surface area contributed by atoms with Gasteiger partial charge in [0.15, 0.2) is 0 Å². The topological polar surface area (TPSA) is 75.7 Å². The fourth-order valence-corrected chi connectivity index (χ4v) is 5.82. The lowest BCUT2D eigenvalue weighted by molar-refractivity contribution is -0.275. The number of hydrogen-bond acceptors (Lipinski definition) is 5. The Morgan fingerprint density at radius 1 is 1.31 bits per heavy atom. The molecule has 0 radical (unpaired) electrons. The Bertz CT molecular complexity index is 781. The molecule has 1 atom stereocenters. The van der Waals surface area contributed by atoms with Gasteiger partial charge in [-0.2, -0.15) is 4.31 Å². The van der Waals surface area contributed by atoms with Gasteiger partial charge in [0.1, 0.15) is 16.7 Å². The zero-order valence-electron chi connectivity index (χ0n) is 13.5. The molecule has 11 heteroatoms. The van der Waals surface area contributed by atoms with E-state index in [1.807, 2.05) is 0 Å². The van der Waals surface area contributed by atoms with Crippen molar-refractivity contribution < 1.29 is 31.1 Å². The Balaban J connectivity index is 1.83. The van der Waals surface area contributed by atoms with Crippen LogP contribution in [0.3, 0.4) is 0 Å². The Labute approximate surface area is 153 Å². The normalized spacial score (nSPS) is 21.6. The molecule has 1 N–H and O–H groups in total. The van der Waals surface area contributed by atoms with Crippen molar-refractivity contribution >= 4 is 27.7 Å². The number of thioether (sulfide) groups is 1. The number of nitrogens with one attached hydrogen (secondary N) is 1. The molecule has 2 aliphatic rings. The second-order valence-corrected chi connectivity index (χ2v) is 8.95. The van der Waals surface area contributed by atoms with Crippen molar-refractivity contribution in [2.24, 2.45) is 5.92 Å². The van der Waals surface area contributed by atoms with Gasteiger partial charge in [-0.25, -0.2) is 8.42 Å². The van der Waals surface area contributed by atoms with Crippen LogP contribution < -0.4 is 10.1 Å². The molecule has 1 aromatic carbocycles. The molecule has 0 spiro atoms. The zero-order chi connectivity index (χ0) is 18.9. The summed E-state index contributed by atoms with van der Waals surface area (Å²) in [6.45, 7) is 0.488. The van der Waals surface area contributed by atoms with Crippen LogP contribution in [0.2, 0.25) is 0 Å². The average molecular weight is 410 g/mol. The van der Waals surface area contributed by atoms with Gasteiger partial charge in [0.05, 0.1) is 5.88 Å². The molecule has 1 saturated carbocycles. The fraction of sp³-hybridized carbons (Fsp3) is 0.533. The first kappa shape index (κ1) is 19.3. The number of amides is 1. The summed E-state index contributed by atoms with van der Waals surface area (Å²) in [6.07, 6.45) is -2.96. The maximum absolute atomic E-state index is 12.9. The molecule has 2 fully saturated rings. The minimum absolute atomic E-state index is 0.00972. The summed E-state index contributed by atoms with van der Waals surface area (Å²) in [4.78, 5) is 11.7. The van der Waals surface area contributed by atoms with Gasteiger partial charge in [-0.3, -0.25) is 4.79 Å². The van der Waals surface area contributed by atoms with Crippen LogP contribution in [-0.4, -0.2) is 49.2 Å². The van der Waals surface area contributed by atoms with Crippen molar-refractivity contribution in [1.29, 1.82) is 0 Å². The third-order valence-electron chi connectivity index (χ3n) is 4.07. The SMILES string of the molecule is O=C(NCC1CC1)C1CSCN1S(=O)(=O)c1ccccc1OC(F)(F)F. The molecular formula is C15H17F3N2O4S2. The molecule has 3 rings (SSSR count). The second kappa shape index (κ2) is 7.28. The number of halogens is 3. The van der Waals surface area contributed by atoms with Gasteiger partial charge < -0.3 is 10.1 Å². The summed E-state index contributed by atoms with van der Waals surface area (Å²) in [5.74, 6) is -0.574. The summed E-state index contributed by atoms with van der Waals surface area (Å²) in [6, 6.07) is 3.58. The highest BCUT2D eigenvalue weighted by Crippen LogP contribution is 2.35.